The second kappa shape index (κ2) is 11.3. The van der Waals surface area contributed by atoms with E-state index < -0.39 is 6.36 Å². The Bertz CT molecular complexity index is 1700. The molecule has 0 aliphatic rings. The lowest BCUT2D eigenvalue weighted by Gasteiger charge is -2.13. The second-order valence-electron chi connectivity index (χ2n) is 9.19. The van der Waals surface area contributed by atoms with Crippen LogP contribution in [-0.2, 0) is 0 Å². The molecule has 0 bridgehead atoms. The first-order chi connectivity index (χ1) is 19.2. The highest BCUT2D eigenvalue weighted by Crippen LogP contribution is 2.29. The lowest BCUT2D eigenvalue weighted by Crippen LogP contribution is -2.23. The number of rotatable bonds is 7. The summed E-state index contributed by atoms with van der Waals surface area (Å²) in [6, 6.07) is 22.5. The maximum absolute atomic E-state index is 12.5. The average molecular weight is 564 g/mol. The molecule has 1 aromatic heterocycles. The molecule has 40 heavy (non-hydrogen) atoms. The third-order valence-electron chi connectivity index (χ3n) is 6.13. The number of imidazole rings is 1. The van der Waals surface area contributed by atoms with Gasteiger partial charge in [-0.05, 0) is 64.9 Å². The molecule has 5 rings (SSSR count). The Hall–Kier alpha value is -4.51. The monoisotopic (exact) mass is 563 g/mol. The number of hydrogen-bond donors (Lipinski definition) is 2. The van der Waals surface area contributed by atoms with Crippen molar-refractivity contribution in [3.63, 3.8) is 0 Å². The van der Waals surface area contributed by atoms with Crippen LogP contribution in [0.4, 0.5) is 23.7 Å². The summed E-state index contributed by atoms with van der Waals surface area (Å²) in [6.07, 6.45) is -1.46. The Morgan fingerprint density at radius 1 is 1.05 bits per heavy atom. The molecule has 0 unspecified atom stereocenters. The number of fused-ring (bicyclic) bond motifs is 3. The molecule has 4 aromatic carbocycles. The van der Waals surface area contributed by atoms with Gasteiger partial charge in [-0.25, -0.2) is 14.2 Å². The molecular weight excluding hydrogens is 539 g/mol. The number of anilines is 1. The Balaban J connectivity index is 1.26. The Morgan fingerprint density at radius 3 is 2.58 bits per heavy atom. The van der Waals surface area contributed by atoms with Crippen LogP contribution in [0.3, 0.4) is 0 Å². The lowest BCUT2D eigenvalue weighted by molar-refractivity contribution is -0.274. The van der Waals surface area contributed by atoms with E-state index in [2.05, 4.69) is 38.0 Å². The van der Waals surface area contributed by atoms with Gasteiger partial charge in [-0.2, -0.15) is 0 Å². The molecule has 5 aromatic rings. The average Bonchev–Trinajstić information content (AvgIpc) is 3.35. The van der Waals surface area contributed by atoms with Gasteiger partial charge in [-0.3, -0.25) is 9.29 Å². The smallest absolute Gasteiger partial charge is 0.406 e. The number of para-hydroxylation sites is 1. The van der Waals surface area contributed by atoms with Crippen LogP contribution in [0.25, 0.3) is 27.5 Å². The van der Waals surface area contributed by atoms with Crippen LogP contribution in [-0.4, -0.2) is 28.2 Å². The lowest BCUT2D eigenvalue weighted by atomic mass is 10.0. The summed E-state index contributed by atoms with van der Waals surface area (Å²) in [5, 5.41) is 4.71. The molecule has 11 heteroatoms. The minimum Gasteiger partial charge on any atom is -0.406 e. The van der Waals surface area contributed by atoms with Crippen LogP contribution in [0.15, 0.2) is 89.6 Å². The largest absolute Gasteiger partial charge is 0.573 e. The van der Waals surface area contributed by atoms with Crippen LogP contribution >= 0.6 is 12.1 Å². The van der Waals surface area contributed by atoms with E-state index in [0.29, 0.717) is 5.69 Å². The number of amides is 2. The molecule has 0 fully saturated rings. The first-order valence-corrected chi connectivity index (χ1v) is 13.1. The van der Waals surface area contributed by atoms with Crippen molar-refractivity contribution in [3.8, 4) is 11.4 Å². The normalized spacial score (nSPS) is 11.9. The predicted octanol–water partition coefficient (Wildman–Crippen LogP) is 8.00. The van der Waals surface area contributed by atoms with Crippen molar-refractivity contribution < 1.29 is 22.7 Å². The fraction of sp³-hybridized carbons (Fsp3) is 0.138. The molecule has 0 saturated carbocycles. The number of ether oxygens (including phenoxy) is 1. The van der Waals surface area contributed by atoms with Gasteiger partial charge in [0.05, 0.1) is 23.2 Å². The fourth-order valence-electron chi connectivity index (χ4n) is 4.34. The quantitative estimate of drug-likeness (QED) is 0.155. The predicted molar refractivity (Wildman–Crippen MR) is 153 cm³/mol. The molecule has 7 nitrogen and oxygen atoms in total. The zero-order valence-corrected chi connectivity index (χ0v) is 22.3. The molecular formula is C29H24F3N5O2S. The van der Waals surface area contributed by atoms with Crippen molar-refractivity contribution in [2.24, 2.45) is 4.40 Å². The first-order valence-electron chi connectivity index (χ1n) is 12.3. The summed E-state index contributed by atoms with van der Waals surface area (Å²) in [5.41, 5.74) is 4.87. The van der Waals surface area contributed by atoms with Crippen LogP contribution in [0, 0.1) is 0 Å². The van der Waals surface area contributed by atoms with Crippen molar-refractivity contribution in [1.82, 2.24) is 14.3 Å². The molecule has 2 amide bonds. The summed E-state index contributed by atoms with van der Waals surface area (Å²) in [5.74, 6) is -0.0101. The van der Waals surface area contributed by atoms with Gasteiger partial charge in [-0.1, -0.05) is 50.2 Å². The number of nitrogens with zero attached hydrogens (tertiary/aromatic N) is 3. The van der Waals surface area contributed by atoms with Gasteiger partial charge < -0.3 is 10.1 Å². The molecule has 204 valence electrons. The van der Waals surface area contributed by atoms with Crippen LogP contribution < -0.4 is 14.8 Å². The van der Waals surface area contributed by atoms with Crippen LogP contribution in [0.1, 0.15) is 30.9 Å². The van der Waals surface area contributed by atoms with Gasteiger partial charge in [0, 0.05) is 23.0 Å². The number of alkyl halides is 3. The van der Waals surface area contributed by atoms with Crippen molar-refractivity contribution in [3.05, 3.63) is 96.3 Å². The third-order valence-corrected chi connectivity index (χ3v) is 6.62. The van der Waals surface area contributed by atoms with Crippen molar-refractivity contribution >= 4 is 51.9 Å². The summed E-state index contributed by atoms with van der Waals surface area (Å²) >= 11 is 0.923. The van der Waals surface area contributed by atoms with E-state index in [0.717, 1.165) is 50.8 Å². The van der Waals surface area contributed by atoms with Crippen molar-refractivity contribution in [1.29, 1.82) is 0 Å². The van der Waals surface area contributed by atoms with Crippen LogP contribution in [0.5, 0.6) is 5.75 Å². The van der Waals surface area contributed by atoms with Gasteiger partial charge in [0.15, 0.2) is 0 Å². The number of carbonyl (C=O) groups excluding carboxylic acids is 1. The highest BCUT2D eigenvalue weighted by Gasteiger charge is 2.31. The Morgan fingerprint density at radius 2 is 1.82 bits per heavy atom. The molecule has 0 atom stereocenters. The van der Waals surface area contributed by atoms with Crippen LogP contribution in [0.2, 0.25) is 0 Å². The number of nitrogens with one attached hydrogen (secondary N) is 2. The molecule has 0 saturated heterocycles. The van der Waals surface area contributed by atoms with Crippen molar-refractivity contribution in [2.45, 2.75) is 26.1 Å². The topological polar surface area (TPSA) is 80.5 Å². The third kappa shape index (κ3) is 6.20. The number of hydrogen-bond acceptors (Lipinski definition) is 5. The standard InChI is InChI=1S/C29H24F3N5O2S/c1-18(2)23-5-3-4-6-25(23)35-28(38)36-40-34-16-19-7-13-24-20(15-19)8-14-26-27(24)33-17-37(26)21-9-11-22(12-10-21)39-29(30,31)32/h3-18H,1-2H3,(H2,35,36,38)/b34-16+. The summed E-state index contributed by atoms with van der Waals surface area (Å²) in [4.78, 5) is 16.8. The highest BCUT2D eigenvalue weighted by molar-refractivity contribution is 7.96. The highest BCUT2D eigenvalue weighted by atomic mass is 32.2. The van der Waals surface area contributed by atoms with Gasteiger partial charge in [0.25, 0.3) is 0 Å². The number of urea groups is 1. The second-order valence-corrected chi connectivity index (χ2v) is 9.79. The maximum Gasteiger partial charge on any atom is 0.573 e. The Kier molecular flexibility index (Phi) is 7.65. The number of carbonyl (C=O) groups is 1. The van der Waals surface area contributed by atoms with E-state index in [1.54, 1.807) is 29.2 Å². The van der Waals surface area contributed by atoms with Gasteiger partial charge in [-0.15, -0.1) is 13.2 Å². The van der Waals surface area contributed by atoms with Gasteiger partial charge in [0.1, 0.15) is 12.1 Å². The van der Waals surface area contributed by atoms with E-state index in [4.69, 9.17) is 0 Å². The zero-order chi connectivity index (χ0) is 28.3. The van der Waals surface area contributed by atoms with E-state index in [-0.39, 0.29) is 17.7 Å². The number of aromatic nitrogens is 2. The first kappa shape index (κ1) is 27.1. The molecule has 0 radical (unpaired) electrons. The fourth-order valence-corrected chi connectivity index (χ4v) is 4.70. The molecule has 2 N–H and O–H groups in total. The van der Waals surface area contributed by atoms with E-state index in [1.807, 2.05) is 54.6 Å². The van der Waals surface area contributed by atoms with Gasteiger partial charge in [0.2, 0.25) is 0 Å². The van der Waals surface area contributed by atoms with E-state index in [1.165, 1.54) is 12.1 Å². The number of benzene rings is 4. The van der Waals surface area contributed by atoms with E-state index in [9.17, 15) is 18.0 Å². The Labute approximate surface area is 232 Å². The minimum atomic E-state index is -4.74. The van der Waals surface area contributed by atoms with E-state index >= 15 is 0 Å². The maximum atomic E-state index is 12.5. The molecule has 0 spiro atoms. The van der Waals surface area contributed by atoms with Crippen molar-refractivity contribution in [2.75, 3.05) is 5.32 Å². The van der Waals surface area contributed by atoms with Gasteiger partial charge >= 0.3 is 12.4 Å². The number of halogens is 3. The summed E-state index contributed by atoms with van der Waals surface area (Å²) in [7, 11) is 0. The molecule has 0 aliphatic carbocycles. The SMILES string of the molecule is CC(C)c1ccccc1NC(=O)NS/N=C/c1ccc2c(ccc3c2ncn3-c2ccc(OC(F)(F)F)cc2)c1. The molecule has 1 heterocycles. The molecule has 0 aliphatic heterocycles. The minimum absolute atomic E-state index is 0.276. The summed E-state index contributed by atoms with van der Waals surface area (Å²) < 4.78 is 50.0. The zero-order valence-electron chi connectivity index (χ0n) is 21.4. The summed E-state index contributed by atoms with van der Waals surface area (Å²) in [6.45, 7) is 4.13.